The van der Waals surface area contributed by atoms with Crippen molar-refractivity contribution in [3.8, 4) is 22.6 Å². The summed E-state index contributed by atoms with van der Waals surface area (Å²) in [6, 6.07) is 31.0. The molecule has 1 aliphatic heterocycles. The Morgan fingerprint density at radius 3 is 2.09 bits per heavy atom. The molecule has 1 saturated carbocycles. The number of nitrogens with zero attached hydrogens (tertiary/aromatic N) is 2. The summed E-state index contributed by atoms with van der Waals surface area (Å²) in [6.07, 6.45) is 6.06. The number of hydrogen-bond donors (Lipinski definition) is 2. The van der Waals surface area contributed by atoms with Crippen LogP contribution in [0.2, 0.25) is 0 Å². The second-order valence-corrected chi connectivity index (χ2v) is 17.5. The van der Waals surface area contributed by atoms with Crippen LogP contribution < -0.4 is 14.8 Å². The van der Waals surface area contributed by atoms with Gasteiger partial charge in [-0.1, -0.05) is 111 Å². The molecule has 2 unspecified atom stereocenters. The molecule has 4 atom stereocenters. The molecule has 342 valence electrons. The van der Waals surface area contributed by atoms with Gasteiger partial charge in [-0.2, -0.15) is 0 Å². The molecule has 1 heterocycles. The molecule has 64 heavy (non-hydrogen) atoms. The maximum Gasteiger partial charge on any atom is 0.410 e. The van der Waals surface area contributed by atoms with Crippen LogP contribution in [0.25, 0.3) is 11.1 Å². The first-order valence-corrected chi connectivity index (χ1v) is 23.0. The zero-order valence-corrected chi connectivity index (χ0v) is 37.6. The third-order valence-corrected chi connectivity index (χ3v) is 13.2. The number of carbonyl (C=O) groups is 3. The summed E-state index contributed by atoms with van der Waals surface area (Å²) in [5, 5.41) is 15.2. The number of fused-ring (bicyclic) bond motifs is 3. The van der Waals surface area contributed by atoms with Crippen LogP contribution in [0.4, 0.5) is 4.79 Å². The van der Waals surface area contributed by atoms with Crippen LogP contribution in [0.15, 0.2) is 97.1 Å². The SMILES string of the molecule is COCCCCOC(c1ccccc1)C1CCN(C(=O)C(=O)N[C@@H](CC2CCCCC2)[C@@H](O)CN(Cc2cc(OC)cc(OC)c2)C(=O)OCC2c3ccccc3-c3ccccc32)C1. The van der Waals surface area contributed by atoms with Crippen molar-refractivity contribution in [3.05, 3.63) is 119 Å². The molecule has 1 saturated heterocycles. The second-order valence-electron chi connectivity index (χ2n) is 17.5. The maximum atomic E-state index is 14.4. The van der Waals surface area contributed by atoms with Gasteiger partial charge in [0.1, 0.15) is 18.1 Å². The van der Waals surface area contributed by atoms with E-state index in [-0.39, 0.29) is 43.6 Å². The minimum atomic E-state index is -1.22. The normalized spacial score (nSPS) is 17.5. The van der Waals surface area contributed by atoms with Gasteiger partial charge in [0, 0.05) is 57.9 Å². The molecule has 2 aliphatic carbocycles. The molecular formula is C52H65N3O9. The van der Waals surface area contributed by atoms with Gasteiger partial charge < -0.3 is 43.9 Å². The van der Waals surface area contributed by atoms with Gasteiger partial charge in [-0.25, -0.2) is 4.79 Å². The minimum Gasteiger partial charge on any atom is -0.497 e. The lowest BCUT2D eigenvalue weighted by molar-refractivity contribution is -0.146. The number of unbranched alkanes of at least 4 members (excludes halogenated alkanes) is 1. The van der Waals surface area contributed by atoms with Crippen LogP contribution >= 0.6 is 0 Å². The Morgan fingerprint density at radius 2 is 1.44 bits per heavy atom. The van der Waals surface area contributed by atoms with E-state index in [4.69, 9.17) is 23.7 Å². The number of nitrogens with one attached hydrogen (secondary N) is 1. The summed E-state index contributed by atoms with van der Waals surface area (Å²) in [5.41, 5.74) is 6.16. The standard InChI is InChI=1S/C52H65N3O9/c1-60-26-14-15-27-63-49(38-18-8-5-9-19-38)39-24-25-54(33-39)51(58)50(57)53-47(30-36-16-6-4-7-17-36)48(56)34-55(32-37-28-40(61-2)31-41(29-37)62-3)52(59)64-35-46-44-22-12-10-20-42(44)43-21-11-13-23-45(43)46/h5,8-13,18-23,28-29,31,36,39,46-49,56H,4,6-7,14-17,24-27,30,32-35H2,1-3H3,(H,53,57)/t39?,47-,48-,49?/m0/s1. The van der Waals surface area contributed by atoms with Crippen LogP contribution in [-0.4, -0.2) is 106 Å². The van der Waals surface area contributed by atoms with Crippen molar-refractivity contribution in [1.29, 1.82) is 0 Å². The highest BCUT2D eigenvalue weighted by Gasteiger charge is 2.38. The van der Waals surface area contributed by atoms with Gasteiger partial charge in [-0.15, -0.1) is 0 Å². The summed E-state index contributed by atoms with van der Waals surface area (Å²) >= 11 is 0. The van der Waals surface area contributed by atoms with E-state index in [2.05, 4.69) is 29.6 Å². The first kappa shape index (κ1) is 46.6. The van der Waals surface area contributed by atoms with Gasteiger partial charge in [0.25, 0.3) is 0 Å². The molecule has 12 nitrogen and oxygen atoms in total. The van der Waals surface area contributed by atoms with Crippen molar-refractivity contribution >= 4 is 17.9 Å². The van der Waals surface area contributed by atoms with E-state index in [9.17, 15) is 19.5 Å². The molecular weight excluding hydrogens is 811 g/mol. The van der Waals surface area contributed by atoms with Gasteiger partial charge in [0.05, 0.1) is 39.0 Å². The predicted molar refractivity (Wildman–Crippen MR) is 245 cm³/mol. The number of benzene rings is 4. The van der Waals surface area contributed by atoms with Crippen LogP contribution in [0, 0.1) is 11.8 Å². The molecule has 2 N–H and O–H groups in total. The monoisotopic (exact) mass is 875 g/mol. The zero-order valence-electron chi connectivity index (χ0n) is 37.6. The van der Waals surface area contributed by atoms with E-state index in [1.54, 1.807) is 32.3 Å². The number of methoxy groups -OCH3 is 3. The maximum absolute atomic E-state index is 14.4. The van der Waals surface area contributed by atoms with E-state index in [1.807, 2.05) is 66.7 Å². The van der Waals surface area contributed by atoms with Crippen molar-refractivity contribution in [3.63, 3.8) is 0 Å². The van der Waals surface area contributed by atoms with Crippen LogP contribution in [0.3, 0.4) is 0 Å². The quantitative estimate of drug-likeness (QED) is 0.0664. The molecule has 0 radical (unpaired) electrons. The zero-order chi connectivity index (χ0) is 44.8. The summed E-state index contributed by atoms with van der Waals surface area (Å²) in [4.78, 5) is 45.4. The number of likely N-dealkylation sites (tertiary alicyclic amines) is 1. The van der Waals surface area contributed by atoms with Gasteiger partial charge in [0.2, 0.25) is 0 Å². The highest BCUT2D eigenvalue weighted by atomic mass is 16.6. The molecule has 7 rings (SSSR count). The highest BCUT2D eigenvalue weighted by Crippen LogP contribution is 2.44. The van der Waals surface area contributed by atoms with Crippen molar-refractivity contribution < 1.29 is 43.2 Å². The Bertz CT molecular complexity index is 2080. The lowest BCUT2D eigenvalue weighted by Crippen LogP contribution is -2.53. The van der Waals surface area contributed by atoms with Crippen LogP contribution in [-0.2, 0) is 30.3 Å². The molecule has 0 aromatic heterocycles. The molecule has 2 fully saturated rings. The third kappa shape index (κ3) is 11.8. The predicted octanol–water partition coefficient (Wildman–Crippen LogP) is 8.30. The van der Waals surface area contributed by atoms with Gasteiger partial charge in [-0.05, 0) is 77.1 Å². The summed E-state index contributed by atoms with van der Waals surface area (Å²) in [7, 11) is 4.82. The number of amides is 3. The molecule has 3 aliphatic rings. The first-order valence-electron chi connectivity index (χ1n) is 23.0. The van der Waals surface area contributed by atoms with Gasteiger partial charge >= 0.3 is 17.9 Å². The van der Waals surface area contributed by atoms with E-state index in [0.717, 1.165) is 72.8 Å². The molecule has 0 spiro atoms. The number of aliphatic hydroxyl groups is 1. The van der Waals surface area contributed by atoms with Crippen molar-refractivity contribution in [2.45, 2.75) is 88.5 Å². The fraction of sp³-hybridized carbons (Fsp3) is 0.481. The van der Waals surface area contributed by atoms with Gasteiger partial charge in [-0.3, -0.25) is 9.59 Å². The van der Waals surface area contributed by atoms with E-state index < -0.39 is 30.1 Å². The number of carbonyl (C=O) groups excluding carboxylic acids is 3. The molecule has 12 heteroatoms. The summed E-state index contributed by atoms with van der Waals surface area (Å²) in [6.45, 7) is 2.03. The lowest BCUT2D eigenvalue weighted by atomic mass is 9.83. The van der Waals surface area contributed by atoms with Crippen LogP contribution in [0.1, 0.15) is 92.1 Å². The Labute approximate surface area is 378 Å². The largest absolute Gasteiger partial charge is 0.497 e. The highest BCUT2D eigenvalue weighted by molar-refractivity contribution is 6.35. The molecule has 4 aromatic carbocycles. The topological polar surface area (TPSA) is 136 Å². The van der Waals surface area contributed by atoms with E-state index in [0.29, 0.717) is 56.2 Å². The second kappa shape index (κ2) is 23.0. The number of rotatable bonds is 20. The first-order chi connectivity index (χ1) is 31.3. The molecule has 0 bridgehead atoms. The Morgan fingerprint density at radius 1 is 0.797 bits per heavy atom. The van der Waals surface area contributed by atoms with Crippen molar-refractivity contribution in [2.24, 2.45) is 11.8 Å². The number of ether oxygens (including phenoxy) is 5. The molecule has 3 amide bonds. The van der Waals surface area contributed by atoms with E-state index in [1.165, 1.54) is 4.90 Å². The van der Waals surface area contributed by atoms with Crippen molar-refractivity contribution in [2.75, 3.05) is 60.8 Å². The Balaban J connectivity index is 1.07. The Hall–Kier alpha value is -5.43. The van der Waals surface area contributed by atoms with Gasteiger partial charge in [0.15, 0.2) is 0 Å². The average molecular weight is 876 g/mol. The minimum absolute atomic E-state index is 0.00574. The average Bonchev–Trinajstić information content (AvgIpc) is 3.95. The Kier molecular flexibility index (Phi) is 16.7. The fourth-order valence-electron chi connectivity index (χ4n) is 9.81. The molecule has 4 aromatic rings. The number of hydrogen-bond acceptors (Lipinski definition) is 9. The lowest BCUT2D eigenvalue weighted by Gasteiger charge is -2.33. The smallest absolute Gasteiger partial charge is 0.410 e. The summed E-state index contributed by atoms with van der Waals surface area (Å²) < 4.78 is 28.9. The van der Waals surface area contributed by atoms with Crippen LogP contribution in [0.5, 0.6) is 11.5 Å². The number of aliphatic hydroxyl groups excluding tert-OH is 1. The summed E-state index contributed by atoms with van der Waals surface area (Å²) in [5.74, 6) is -0.198. The van der Waals surface area contributed by atoms with Crippen molar-refractivity contribution in [1.82, 2.24) is 15.1 Å². The van der Waals surface area contributed by atoms with E-state index >= 15 is 0 Å². The fourth-order valence-corrected chi connectivity index (χ4v) is 9.81. The third-order valence-electron chi connectivity index (χ3n) is 13.2.